The minimum Gasteiger partial charge on any atom is -1.00 e. The number of hydrogen-bond donors (Lipinski definition) is 2. The predicted molar refractivity (Wildman–Crippen MR) is 96.8 cm³/mol. The summed E-state index contributed by atoms with van der Waals surface area (Å²) in [6.07, 6.45) is 4.12. The van der Waals surface area contributed by atoms with E-state index in [0.717, 1.165) is 21.8 Å². The molecule has 118 valence electrons. The van der Waals surface area contributed by atoms with Crippen LogP contribution in [0.5, 0.6) is 0 Å². The Morgan fingerprint density at radius 2 is 2.04 bits per heavy atom. The van der Waals surface area contributed by atoms with Crippen molar-refractivity contribution in [2.45, 2.75) is 6.42 Å². The van der Waals surface area contributed by atoms with E-state index in [1.165, 1.54) is 4.70 Å². The summed E-state index contributed by atoms with van der Waals surface area (Å²) in [7, 11) is 0. The average molecular weight is 348 g/mol. The van der Waals surface area contributed by atoms with Gasteiger partial charge in [-0.15, -0.1) is 11.3 Å². The number of benzene rings is 2. The number of para-hydroxylation sites is 1. The van der Waals surface area contributed by atoms with Crippen LogP contribution in [-0.4, -0.2) is 22.6 Å². The number of carboxylic acids is 1. The zero-order valence-corrected chi connectivity index (χ0v) is 16.2. The molecule has 0 atom stereocenters. The van der Waals surface area contributed by atoms with Crippen molar-refractivity contribution in [1.82, 2.24) is 4.98 Å². The third kappa shape index (κ3) is 5.18. The summed E-state index contributed by atoms with van der Waals surface area (Å²) >= 11 is 1.66. The van der Waals surface area contributed by atoms with E-state index in [0.29, 0.717) is 6.54 Å². The van der Waals surface area contributed by atoms with Crippen molar-refractivity contribution >= 4 is 45.4 Å². The molecule has 0 spiro atoms. The fourth-order valence-electron chi connectivity index (χ4n) is 2.19. The number of thiazole rings is 1. The van der Waals surface area contributed by atoms with Crippen LogP contribution in [0.2, 0.25) is 0 Å². The van der Waals surface area contributed by atoms with E-state index in [-0.39, 0.29) is 37.4 Å². The van der Waals surface area contributed by atoms with Crippen LogP contribution in [-0.2, 0) is 4.79 Å². The molecule has 0 aliphatic carbocycles. The normalized spacial score (nSPS) is 10.7. The molecule has 0 radical (unpaired) electrons. The van der Waals surface area contributed by atoms with Gasteiger partial charge in [0.15, 0.2) is 0 Å². The van der Waals surface area contributed by atoms with Crippen LogP contribution in [0.25, 0.3) is 22.4 Å². The van der Waals surface area contributed by atoms with Crippen LogP contribution in [0, 0.1) is 0 Å². The molecule has 3 aromatic rings. The van der Waals surface area contributed by atoms with E-state index in [1.807, 2.05) is 54.6 Å². The third-order valence-electron chi connectivity index (χ3n) is 3.28. The smallest absolute Gasteiger partial charge is 1.00 e. The monoisotopic (exact) mass is 348 g/mol. The SMILES string of the molecule is O=C(O)CCNc1cccc(C=Cc2nc3ccccc3s2)c1.[H-].[Na+]. The van der Waals surface area contributed by atoms with E-state index in [2.05, 4.69) is 16.4 Å². The molecule has 2 N–H and O–H groups in total. The second-order valence-corrected chi connectivity index (χ2v) is 6.11. The van der Waals surface area contributed by atoms with E-state index in [4.69, 9.17) is 5.11 Å². The van der Waals surface area contributed by atoms with Gasteiger partial charge in [-0.3, -0.25) is 4.79 Å². The van der Waals surface area contributed by atoms with Crippen LogP contribution in [0.4, 0.5) is 5.69 Å². The van der Waals surface area contributed by atoms with Gasteiger partial charge in [0.2, 0.25) is 0 Å². The summed E-state index contributed by atoms with van der Waals surface area (Å²) in [6, 6.07) is 15.9. The standard InChI is InChI=1S/C18H16N2O2S.Na.H/c21-18(22)10-11-19-14-5-3-4-13(12-14)8-9-17-20-15-6-1-2-7-16(15)23-17;;/h1-9,12,19H,10-11H2,(H,21,22);;/q;+1;-1. The first-order valence-electron chi connectivity index (χ1n) is 7.30. The number of aliphatic carboxylic acids is 1. The van der Waals surface area contributed by atoms with E-state index < -0.39 is 5.97 Å². The molecule has 0 fully saturated rings. The molecule has 1 heterocycles. The second-order valence-electron chi connectivity index (χ2n) is 5.05. The van der Waals surface area contributed by atoms with Gasteiger partial charge < -0.3 is 11.8 Å². The summed E-state index contributed by atoms with van der Waals surface area (Å²) in [4.78, 5) is 15.1. The first-order valence-corrected chi connectivity index (χ1v) is 8.12. The molecular formula is C18H17N2NaO2S. The van der Waals surface area contributed by atoms with Crippen molar-refractivity contribution < 1.29 is 40.9 Å². The maximum atomic E-state index is 10.5. The van der Waals surface area contributed by atoms with Gasteiger partial charge in [0, 0.05) is 12.2 Å². The van der Waals surface area contributed by atoms with Gasteiger partial charge in [0.05, 0.1) is 16.6 Å². The fourth-order valence-corrected chi connectivity index (χ4v) is 3.07. The zero-order valence-electron chi connectivity index (χ0n) is 14.4. The molecule has 4 nitrogen and oxygen atoms in total. The number of carboxylic acid groups (broad SMARTS) is 1. The Morgan fingerprint density at radius 1 is 1.21 bits per heavy atom. The quantitative estimate of drug-likeness (QED) is 0.662. The number of nitrogens with zero attached hydrogens (tertiary/aromatic N) is 1. The molecule has 0 amide bonds. The molecule has 6 heteroatoms. The molecule has 0 aliphatic heterocycles. The number of fused-ring (bicyclic) bond motifs is 1. The first kappa shape index (κ1) is 18.7. The van der Waals surface area contributed by atoms with Crippen LogP contribution in [0.1, 0.15) is 18.4 Å². The Morgan fingerprint density at radius 3 is 2.83 bits per heavy atom. The summed E-state index contributed by atoms with van der Waals surface area (Å²) in [6.45, 7) is 0.417. The summed E-state index contributed by atoms with van der Waals surface area (Å²) in [5.41, 5.74) is 2.98. The molecule has 1 aromatic heterocycles. The van der Waals surface area contributed by atoms with Gasteiger partial charge in [-0.1, -0.05) is 30.3 Å². The number of rotatable bonds is 6. The minimum atomic E-state index is -0.801. The van der Waals surface area contributed by atoms with Crippen molar-refractivity contribution in [3.63, 3.8) is 0 Å². The molecule has 0 aliphatic rings. The second kappa shape index (κ2) is 8.99. The maximum Gasteiger partial charge on any atom is 1.00 e. The number of aromatic nitrogens is 1. The van der Waals surface area contributed by atoms with Gasteiger partial charge in [0.25, 0.3) is 0 Å². The Balaban J connectivity index is 0.00000156. The zero-order chi connectivity index (χ0) is 16.1. The summed E-state index contributed by atoms with van der Waals surface area (Å²) < 4.78 is 1.18. The van der Waals surface area contributed by atoms with E-state index >= 15 is 0 Å². The largest absolute Gasteiger partial charge is 1.00 e. The molecule has 0 unspecified atom stereocenters. The molecular weight excluding hydrogens is 331 g/mol. The first-order chi connectivity index (χ1) is 11.2. The van der Waals surface area contributed by atoms with Gasteiger partial charge in [-0.05, 0) is 35.9 Å². The van der Waals surface area contributed by atoms with Crippen LogP contribution >= 0.6 is 11.3 Å². The molecule has 0 saturated carbocycles. The average Bonchev–Trinajstić information content (AvgIpc) is 2.96. The van der Waals surface area contributed by atoms with Crippen LogP contribution < -0.4 is 34.9 Å². The Hall–Kier alpha value is -1.66. The topological polar surface area (TPSA) is 62.2 Å². The molecule has 3 rings (SSSR count). The Kier molecular flexibility index (Phi) is 6.99. The predicted octanol–water partition coefficient (Wildman–Crippen LogP) is 1.47. The molecule has 0 saturated heterocycles. The fraction of sp³-hybridized carbons (Fsp3) is 0.111. The number of carbonyl (C=O) groups is 1. The van der Waals surface area contributed by atoms with Gasteiger partial charge in [0.1, 0.15) is 5.01 Å². The Labute approximate surface area is 168 Å². The van der Waals surface area contributed by atoms with Crippen LogP contribution in [0.15, 0.2) is 48.5 Å². The van der Waals surface area contributed by atoms with Crippen LogP contribution in [0.3, 0.4) is 0 Å². The van der Waals surface area contributed by atoms with Crippen molar-refractivity contribution in [2.75, 3.05) is 11.9 Å². The van der Waals surface area contributed by atoms with Crippen molar-refractivity contribution in [2.24, 2.45) is 0 Å². The Bertz CT molecular complexity index is 834. The van der Waals surface area contributed by atoms with E-state index in [9.17, 15) is 4.79 Å². The van der Waals surface area contributed by atoms with Crippen molar-refractivity contribution in [3.8, 4) is 0 Å². The number of anilines is 1. The van der Waals surface area contributed by atoms with Gasteiger partial charge in [-0.25, -0.2) is 4.98 Å². The number of nitrogens with one attached hydrogen (secondary N) is 1. The van der Waals surface area contributed by atoms with E-state index in [1.54, 1.807) is 11.3 Å². The van der Waals surface area contributed by atoms with Crippen molar-refractivity contribution in [1.29, 1.82) is 0 Å². The molecule has 0 bridgehead atoms. The molecule has 24 heavy (non-hydrogen) atoms. The van der Waals surface area contributed by atoms with Gasteiger partial charge >= 0.3 is 35.5 Å². The summed E-state index contributed by atoms with van der Waals surface area (Å²) in [5.74, 6) is -0.801. The molecule has 2 aromatic carbocycles. The van der Waals surface area contributed by atoms with Crippen molar-refractivity contribution in [3.05, 3.63) is 59.1 Å². The summed E-state index contributed by atoms with van der Waals surface area (Å²) in [5, 5.41) is 12.7. The van der Waals surface area contributed by atoms with Gasteiger partial charge in [-0.2, -0.15) is 0 Å². The maximum absolute atomic E-state index is 10.5. The third-order valence-corrected chi connectivity index (χ3v) is 4.29. The minimum absolute atomic E-state index is 0. The number of hydrogen-bond acceptors (Lipinski definition) is 4.